The van der Waals surface area contributed by atoms with E-state index < -0.39 is 12.0 Å². The van der Waals surface area contributed by atoms with E-state index in [0.717, 1.165) is 16.2 Å². The van der Waals surface area contributed by atoms with Gasteiger partial charge in [-0.15, -0.1) is 11.3 Å². The average molecular weight is 331 g/mol. The number of carboxylic acid groups (broad SMARTS) is 1. The quantitative estimate of drug-likeness (QED) is 0.883. The Balaban J connectivity index is 1.79. The molecule has 2 aromatic rings. The van der Waals surface area contributed by atoms with Crippen molar-refractivity contribution in [2.75, 3.05) is 6.61 Å². The van der Waals surface area contributed by atoms with Gasteiger partial charge in [0, 0.05) is 10.4 Å². The highest BCUT2D eigenvalue weighted by molar-refractivity contribution is 7.10. The van der Waals surface area contributed by atoms with Crippen molar-refractivity contribution in [3.63, 3.8) is 0 Å². The zero-order chi connectivity index (χ0) is 16.2. The molecule has 0 bridgehead atoms. The molecule has 1 aliphatic heterocycles. The van der Waals surface area contributed by atoms with Crippen LogP contribution in [-0.2, 0) is 9.59 Å². The van der Waals surface area contributed by atoms with Crippen molar-refractivity contribution in [2.45, 2.75) is 24.8 Å². The maximum Gasteiger partial charge on any atom is 0.305 e. The van der Waals surface area contributed by atoms with Gasteiger partial charge in [0.05, 0.1) is 25.0 Å². The fourth-order valence-corrected chi connectivity index (χ4v) is 3.55. The van der Waals surface area contributed by atoms with Crippen molar-refractivity contribution in [3.05, 3.63) is 52.2 Å². The Bertz CT molecular complexity index is 698. The molecule has 0 fully saturated rings. The van der Waals surface area contributed by atoms with Crippen molar-refractivity contribution in [1.29, 1.82) is 0 Å². The molecule has 0 saturated carbocycles. The summed E-state index contributed by atoms with van der Waals surface area (Å²) in [5.41, 5.74) is 0.858. The first-order valence-electron chi connectivity index (χ1n) is 7.42. The molecular weight excluding hydrogens is 314 g/mol. The average Bonchev–Trinajstić information content (AvgIpc) is 3.07. The number of carboxylic acids is 1. The van der Waals surface area contributed by atoms with Crippen molar-refractivity contribution >= 4 is 23.2 Å². The number of carbonyl (C=O) groups excluding carboxylic acids is 1. The lowest BCUT2D eigenvalue weighted by atomic mass is 9.92. The van der Waals surface area contributed by atoms with E-state index in [9.17, 15) is 9.59 Å². The van der Waals surface area contributed by atoms with Crippen LogP contribution >= 0.6 is 11.3 Å². The highest BCUT2D eigenvalue weighted by Crippen LogP contribution is 2.34. The van der Waals surface area contributed by atoms with E-state index in [4.69, 9.17) is 9.84 Å². The summed E-state index contributed by atoms with van der Waals surface area (Å²) in [5, 5.41) is 13.9. The molecule has 23 heavy (non-hydrogen) atoms. The maximum absolute atomic E-state index is 12.7. The number of benzene rings is 1. The number of rotatable bonds is 5. The smallest absolute Gasteiger partial charge is 0.305 e. The molecule has 0 aliphatic carbocycles. The lowest BCUT2D eigenvalue weighted by Gasteiger charge is -2.26. The molecule has 0 radical (unpaired) electrons. The number of aliphatic carboxylic acids is 1. The Morgan fingerprint density at radius 1 is 1.30 bits per heavy atom. The first-order valence-corrected chi connectivity index (χ1v) is 8.30. The van der Waals surface area contributed by atoms with Crippen molar-refractivity contribution < 1.29 is 19.4 Å². The van der Waals surface area contributed by atoms with Gasteiger partial charge in [-0.2, -0.15) is 0 Å². The molecule has 6 heteroatoms. The van der Waals surface area contributed by atoms with Crippen LogP contribution in [0.4, 0.5) is 0 Å². The Kier molecular flexibility index (Phi) is 4.62. The van der Waals surface area contributed by atoms with Crippen LogP contribution < -0.4 is 10.1 Å². The van der Waals surface area contributed by atoms with E-state index >= 15 is 0 Å². The summed E-state index contributed by atoms with van der Waals surface area (Å²) in [6.07, 6.45) is 0.462. The van der Waals surface area contributed by atoms with Crippen LogP contribution in [0.25, 0.3) is 0 Å². The van der Waals surface area contributed by atoms with Crippen molar-refractivity contribution in [1.82, 2.24) is 5.32 Å². The van der Waals surface area contributed by atoms with Crippen LogP contribution in [-0.4, -0.2) is 23.6 Å². The number of para-hydroxylation sites is 1. The van der Waals surface area contributed by atoms with Gasteiger partial charge in [-0.25, -0.2) is 0 Å². The van der Waals surface area contributed by atoms with Crippen LogP contribution in [0.2, 0.25) is 0 Å². The Morgan fingerprint density at radius 2 is 2.13 bits per heavy atom. The fourth-order valence-electron chi connectivity index (χ4n) is 2.77. The first-order chi connectivity index (χ1) is 11.1. The summed E-state index contributed by atoms with van der Waals surface area (Å²) in [5.74, 6) is -0.669. The minimum Gasteiger partial charge on any atom is -0.493 e. The van der Waals surface area contributed by atoms with Crippen LogP contribution in [0.15, 0.2) is 41.8 Å². The molecule has 2 N–H and O–H groups in total. The van der Waals surface area contributed by atoms with E-state index in [1.807, 2.05) is 41.8 Å². The number of ether oxygens (including phenoxy) is 1. The summed E-state index contributed by atoms with van der Waals surface area (Å²) in [4.78, 5) is 24.6. The molecule has 0 saturated heterocycles. The van der Waals surface area contributed by atoms with Crippen molar-refractivity contribution in [3.8, 4) is 5.75 Å². The second-order valence-electron chi connectivity index (χ2n) is 5.40. The Morgan fingerprint density at radius 3 is 2.87 bits per heavy atom. The van der Waals surface area contributed by atoms with Gasteiger partial charge in [0.2, 0.25) is 5.91 Å². The van der Waals surface area contributed by atoms with E-state index in [1.165, 1.54) is 11.3 Å². The van der Waals surface area contributed by atoms with E-state index in [0.29, 0.717) is 13.0 Å². The van der Waals surface area contributed by atoms with Gasteiger partial charge < -0.3 is 15.2 Å². The minimum atomic E-state index is -0.934. The summed E-state index contributed by atoms with van der Waals surface area (Å²) in [7, 11) is 0. The SMILES string of the molecule is O=C(O)CC(NC(=O)C1CCOc2ccccc21)c1cccs1. The fraction of sp³-hybridized carbons (Fsp3) is 0.294. The number of hydrogen-bond acceptors (Lipinski definition) is 4. The standard InChI is InChI=1S/C17H17NO4S/c19-16(20)10-13(15-6-3-9-23-15)18-17(21)12-7-8-22-14-5-2-1-4-11(12)14/h1-6,9,12-13H,7-8,10H2,(H,18,21)(H,19,20). The lowest BCUT2D eigenvalue weighted by molar-refractivity contribution is -0.137. The van der Waals surface area contributed by atoms with Gasteiger partial charge in [-0.3, -0.25) is 9.59 Å². The highest BCUT2D eigenvalue weighted by Gasteiger charge is 2.29. The van der Waals surface area contributed by atoms with Gasteiger partial charge in [0.25, 0.3) is 0 Å². The lowest BCUT2D eigenvalue weighted by Crippen LogP contribution is -2.35. The van der Waals surface area contributed by atoms with Gasteiger partial charge in [0.1, 0.15) is 5.75 Å². The number of hydrogen-bond donors (Lipinski definition) is 2. The topological polar surface area (TPSA) is 75.6 Å². The van der Waals surface area contributed by atoms with Gasteiger partial charge in [0.15, 0.2) is 0 Å². The number of carbonyl (C=O) groups is 2. The third-order valence-electron chi connectivity index (χ3n) is 3.86. The highest BCUT2D eigenvalue weighted by atomic mass is 32.1. The molecule has 1 amide bonds. The van der Waals surface area contributed by atoms with Crippen LogP contribution in [0, 0.1) is 0 Å². The molecule has 3 rings (SSSR count). The summed E-state index contributed by atoms with van der Waals surface area (Å²) < 4.78 is 5.57. The van der Waals surface area contributed by atoms with E-state index in [1.54, 1.807) is 0 Å². The molecule has 0 spiro atoms. The molecule has 2 heterocycles. The van der Waals surface area contributed by atoms with Crippen molar-refractivity contribution in [2.24, 2.45) is 0 Å². The molecule has 120 valence electrons. The third kappa shape index (κ3) is 3.53. The minimum absolute atomic E-state index is 0.128. The first kappa shape index (κ1) is 15.6. The van der Waals surface area contributed by atoms with Crippen LogP contribution in [0.5, 0.6) is 5.75 Å². The van der Waals surface area contributed by atoms with Crippen LogP contribution in [0.3, 0.4) is 0 Å². The molecule has 5 nitrogen and oxygen atoms in total. The number of fused-ring (bicyclic) bond motifs is 1. The zero-order valence-electron chi connectivity index (χ0n) is 12.4. The largest absolute Gasteiger partial charge is 0.493 e. The number of nitrogens with one attached hydrogen (secondary N) is 1. The van der Waals surface area contributed by atoms with Gasteiger partial charge in [-0.05, 0) is 23.9 Å². The number of amides is 1. The molecule has 2 atom stereocenters. The Labute approximate surface area is 137 Å². The third-order valence-corrected chi connectivity index (χ3v) is 4.84. The predicted molar refractivity (Wildman–Crippen MR) is 86.8 cm³/mol. The molecule has 1 aromatic carbocycles. The zero-order valence-corrected chi connectivity index (χ0v) is 13.2. The summed E-state index contributed by atoms with van der Waals surface area (Å²) in [6, 6.07) is 10.7. The normalized spacial score (nSPS) is 17.7. The molecule has 2 unspecified atom stereocenters. The Hall–Kier alpha value is -2.34. The summed E-state index contributed by atoms with van der Waals surface area (Å²) >= 11 is 1.44. The second kappa shape index (κ2) is 6.83. The monoisotopic (exact) mass is 331 g/mol. The maximum atomic E-state index is 12.7. The van der Waals surface area contributed by atoms with Crippen LogP contribution in [0.1, 0.15) is 35.2 Å². The van der Waals surface area contributed by atoms with Gasteiger partial charge >= 0.3 is 5.97 Å². The molecular formula is C17H17NO4S. The number of thiophene rings is 1. The van der Waals surface area contributed by atoms with E-state index in [2.05, 4.69) is 5.32 Å². The molecule has 1 aliphatic rings. The van der Waals surface area contributed by atoms with E-state index in [-0.39, 0.29) is 18.2 Å². The summed E-state index contributed by atoms with van der Waals surface area (Å²) in [6.45, 7) is 0.484. The predicted octanol–water partition coefficient (Wildman–Crippen LogP) is 2.95. The second-order valence-corrected chi connectivity index (χ2v) is 6.38. The molecule has 1 aromatic heterocycles. The van der Waals surface area contributed by atoms with Gasteiger partial charge in [-0.1, -0.05) is 24.3 Å².